The number of carbonyl (C=O) groups is 2. The topological polar surface area (TPSA) is 92.8 Å². The van der Waals surface area contributed by atoms with Gasteiger partial charge >= 0.3 is 5.97 Å². The Balaban J connectivity index is 1.72. The minimum atomic E-state index is -3.65. The van der Waals surface area contributed by atoms with Crippen molar-refractivity contribution in [1.82, 2.24) is 9.62 Å². The molecule has 1 aromatic carbocycles. The van der Waals surface area contributed by atoms with Crippen molar-refractivity contribution in [2.24, 2.45) is 0 Å². The Bertz CT molecular complexity index is 782. The molecule has 2 atom stereocenters. The van der Waals surface area contributed by atoms with Gasteiger partial charge in [-0.2, -0.15) is 0 Å². The smallest absolute Gasteiger partial charge is 0.307 e. The standard InChI is InChI=1S/C20H28N2O5S/c1-16-7-6-8-17(2)22(16)19(23)15-27-20(24)11-13-21-28(25,26)14-12-18-9-4-3-5-10-18/h3-5,9-10,12,14,16-17,21H,6-8,11,13,15H2,1-2H3/b14-12+/t16-,17+. The van der Waals surface area contributed by atoms with E-state index in [0.29, 0.717) is 0 Å². The number of hydrogen-bond acceptors (Lipinski definition) is 5. The van der Waals surface area contributed by atoms with Crippen molar-refractivity contribution in [3.8, 4) is 0 Å². The second-order valence-electron chi connectivity index (χ2n) is 6.99. The van der Waals surface area contributed by atoms with Crippen LogP contribution in [-0.2, 0) is 24.3 Å². The quantitative estimate of drug-likeness (QED) is 0.666. The lowest BCUT2D eigenvalue weighted by atomic mass is 9.97. The molecule has 1 fully saturated rings. The Hall–Kier alpha value is -2.19. The minimum absolute atomic E-state index is 0.0923. The predicted octanol–water partition coefficient (Wildman–Crippen LogP) is 2.30. The third-order valence-corrected chi connectivity index (χ3v) is 5.81. The number of piperidine rings is 1. The van der Waals surface area contributed by atoms with E-state index < -0.39 is 16.0 Å². The normalized spacial score (nSPS) is 20.3. The van der Waals surface area contributed by atoms with Gasteiger partial charge in [0.05, 0.1) is 6.42 Å². The molecule has 0 bridgehead atoms. The van der Waals surface area contributed by atoms with Crippen LogP contribution in [0.25, 0.3) is 6.08 Å². The zero-order valence-electron chi connectivity index (χ0n) is 16.3. The van der Waals surface area contributed by atoms with Crippen LogP contribution < -0.4 is 4.72 Å². The summed E-state index contributed by atoms with van der Waals surface area (Å²) in [4.78, 5) is 25.9. The zero-order chi connectivity index (χ0) is 20.6. The molecule has 1 aliphatic rings. The fourth-order valence-electron chi connectivity index (χ4n) is 3.28. The molecule has 28 heavy (non-hydrogen) atoms. The van der Waals surface area contributed by atoms with E-state index in [-0.39, 0.29) is 37.6 Å². The average Bonchev–Trinajstić information content (AvgIpc) is 2.65. The number of benzene rings is 1. The third-order valence-electron chi connectivity index (χ3n) is 4.71. The van der Waals surface area contributed by atoms with Crippen LogP contribution in [0.15, 0.2) is 35.7 Å². The van der Waals surface area contributed by atoms with Crippen molar-refractivity contribution in [2.75, 3.05) is 13.2 Å². The summed E-state index contributed by atoms with van der Waals surface area (Å²) < 4.78 is 31.2. The molecule has 8 heteroatoms. The molecule has 1 aliphatic heterocycles. The largest absolute Gasteiger partial charge is 0.456 e. The second-order valence-corrected chi connectivity index (χ2v) is 8.64. The van der Waals surface area contributed by atoms with Gasteiger partial charge in [-0.3, -0.25) is 9.59 Å². The van der Waals surface area contributed by atoms with E-state index >= 15 is 0 Å². The molecular weight excluding hydrogens is 380 g/mol. The first-order valence-corrected chi connectivity index (χ1v) is 11.0. The van der Waals surface area contributed by atoms with E-state index in [0.717, 1.165) is 30.2 Å². The summed E-state index contributed by atoms with van der Waals surface area (Å²) in [5, 5.41) is 1.05. The summed E-state index contributed by atoms with van der Waals surface area (Å²) in [6.07, 6.45) is 4.31. The molecule has 1 N–H and O–H groups in total. The summed E-state index contributed by atoms with van der Waals surface area (Å²) in [6.45, 7) is 3.58. The Labute approximate surface area is 166 Å². The predicted molar refractivity (Wildman–Crippen MR) is 108 cm³/mol. The molecule has 0 unspecified atom stereocenters. The van der Waals surface area contributed by atoms with Gasteiger partial charge in [0.2, 0.25) is 10.0 Å². The molecule has 7 nitrogen and oxygen atoms in total. The highest BCUT2D eigenvalue weighted by Gasteiger charge is 2.29. The molecule has 1 aromatic rings. The SMILES string of the molecule is C[C@@H]1CCC[C@H](C)N1C(=O)COC(=O)CCNS(=O)(=O)/C=C/c1ccccc1. The van der Waals surface area contributed by atoms with E-state index in [1.165, 1.54) is 6.08 Å². The Kier molecular flexibility index (Phi) is 8.19. The fraction of sp³-hybridized carbons (Fsp3) is 0.500. The van der Waals surface area contributed by atoms with Crippen LogP contribution >= 0.6 is 0 Å². The van der Waals surface area contributed by atoms with Crippen LogP contribution in [0.5, 0.6) is 0 Å². The molecular formula is C20H28N2O5S. The summed E-state index contributed by atoms with van der Waals surface area (Å²) in [5.41, 5.74) is 0.756. The fourth-order valence-corrected chi connectivity index (χ4v) is 4.10. The second kappa shape index (κ2) is 10.4. The molecule has 0 saturated carbocycles. The zero-order valence-corrected chi connectivity index (χ0v) is 17.2. The molecule has 154 valence electrons. The van der Waals surface area contributed by atoms with Gasteiger partial charge in [0.1, 0.15) is 0 Å². The van der Waals surface area contributed by atoms with Crippen LogP contribution in [0.4, 0.5) is 0 Å². The van der Waals surface area contributed by atoms with Crippen molar-refractivity contribution in [3.05, 3.63) is 41.3 Å². The van der Waals surface area contributed by atoms with Gasteiger partial charge in [-0.25, -0.2) is 13.1 Å². The van der Waals surface area contributed by atoms with Crippen LogP contribution in [0.2, 0.25) is 0 Å². The lowest BCUT2D eigenvalue weighted by Gasteiger charge is -2.38. The van der Waals surface area contributed by atoms with Gasteiger partial charge in [0, 0.05) is 24.0 Å². The molecule has 2 rings (SSSR count). The van der Waals surface area contributed by atoms with E-state index in [1.807, 2.05) is 32.0 Å². The molecule has 0 spiro atoms. The highest BCUT2D eigenvalue weighted by molar-refractivity contribution is 7.92. The molecule has 0 aromatic heterocycles. The molecule has 1 saturated heterocycles. The van der Waals surface area contributed by atoms with Gasteiger partial charge in [0.25, 0.3) is 5.91 Å². The Morgan fingerprint density at radius 2 is 1.82 bits per heavy atom. The summed E-state index contributed by atoms with van der Waals surface area (Å²) in [7, 11) is -3.65. The van der Waals surface area contributed by atoms with Crippen LogP contribution in [0.3, 0.4) is 0 Å². The highest BCUT2D eigenvalue weighted by atomic mass is 32.2. The first-order chi connectivity index (χ1) is 13.3. The molecule has 1 amide bonds. The Morgan fingerprint density at radius 3 is 2.46 bits per heavy atom. The highest BCUT2D eigenvalue weighted by Crippen LogP contribution is 2.22. The monoisotopic (exact) mass is 408 g/mol. The summed E-state index contributed by atoms with van der Waals surface area (Å²) in [5.74, 6) is -0.820. The average molecular weight is 409 g/mol. The van der Waals surface area contributed by atoms with E-state index in [9.17, 15) is 18.0 Å². The number of sulfonamides is 1. The number of ether oxygens (including phenoxy) is 1. The first kappa shape index (κ1) is 22.1. The van der Waals surface area contributed by atoms with E-state index in [1.54, 1.807) is 17.0 Å². The molecule has 0 radical (unpaired) electrons. The summed E-state index contributed by atoms with van der Waals surface area (Å²) in [6, 6.07) is 9.29. The molecule has 0 aliphatic carbocycles. The number of nitrogens with zero attached hydrogens (tertiary/aromatic N) is 1. The number of likely N-dealkylation sites (tertiary alicyclic amines) is 1. The van der Waals surface area contributed by atoms with Gasteiger partial charge in [-0.1, -0.05) is 30.3 Å². The van der Waals surface area contributed by atoms with Gasteiger partial charge in [-0.15, -0.1) is 0 Å². The lowest BCUT2D eigenvalue weighted by molar-refractivity contribution is -0.154. The van der Waals surface area contributed by atoms with Crippen molar-refractivity contribution < 1.29 is 22.7 Å². The number of hydrogen-bond donors (Lipinski definition) is 1. The van der Waals surface area contributed by atoms with Gasteiger partial charge in [0.15, 0.2) is 6.61 Å². The van der Waals surface area contributed by atoms with Gasteiger partial charge in [-0.05, 0) is 44.7 Å². The van der Waals surface area contributed by atoms with Crippen molar-refractivity contribution in [1.29, 1.82) is 0 Å². The van der Waals surface area contributed by atoms with E-state index in [4.69, 9.17) is 4.74 Å². The minimum Gasteiger partial charge on any atom is -0.456 e. The van der Waals surface area contributed by atoms with Crippen molar-refractivity contribution >= 4 is 28.0 Å². The summed E-state index contributed by atoms with van der Waals surface area (Å²) >= 11 is 0. The molecule has 1 heterocycles. The van der Waals surface area contributed by atoms with Crippen LogP contribution in [0, 0.1) is 0 Å². The maximum atomic E-state index is 12.3. The number of esters is 1. The van der Waals surface area contributed by atoms with Crippen LogP contribution in [0.1, 0.15) is 45.1 Å². The lowest BCUT2D eigenvalue weighted by Crippen LogP contribution is -2.49. The third kappa shape index (κ3) is 7.09. The maximum Gasteiger partial charge on any atom is 0.307 e. The number of rotatable bonds is 8. The van der Waals surface area contributed by atoms with Crippen LogP contribution in [-0.4, -0.2) is 50.4 Å². The number of nitrogens with one attached hydrogen (secondary N) is 1. The first-order valence-electron chi connectivity index (χ1n) is 9.48. The van der Waals surface area contributed by atoms with E-state index in [2.05, 4.69) is 4.72 Å². The number of carbonyl (C=O) groups excluding carboxylic acids is 2. The number of amides is 1. The van der Waals surface area contributed by atoms with Gasteiger partial charge < -0.3 is 9.64 Å². The van der Waals surface area contributed by atoms with Crippen molar-refractivity contribution in [2.45, 2.75) is 51.6 Å². The maximum absolute atomic E-state index is 12.3. The van der Waals surface area contributed by atoms with Crippen molar-refractivity contribution in [3.63, 3.8) is 0 Å². The Morgan fingerprint density at radius 1 is 1.18 bits per heavy atom.